The number of pyridine rings is 1. The van der Waals surface area contributed by atoms with Crippen LogP contribution in [0.25, 0.3) is 10.2 Å². The molecule has 0 unspecified atom stereocenters. The maximum Gasteiger partial charge on any atom is 0.241 e. The molecule has 96 valence electrons. The molecule has 3 aromatic rings. The van der Waals surface area contributed by atoms with Gasteiger partial charge in [0.05, 0.1) is 16.6 Å². The third-order valence-electron chi connectivity index (χ3n) is 2.31. The van der Waals surface area contributed by atoms with Gasteiger partial charge in [0.1, 0.15) is 10.6 Å². The Labute approximate surface area is 117 Å². The first-order chi connectivity index (χ1) is 9.26. The van der Waals surface area contributed by atoms with Gasteiger partial charge < -0.3 is 4.74 Å². The number of nitrogen functional groups attached to an aromatic ring is 1. The highest BCUT2D eigenvalue weighted by atomic mass is 35.5. The smallest absolute Gasteiger partial charge is 0.241 e. The first-order valence-corrected chi connectivity index (χ1v) is 6.52. The second-order valence-electron chi connectivity index (χ2n) is 3.58. The van der Waals surface area contributed by atoms with E-state index in [2.05, 4.69) is 20.4 Å². The molecule has 3 rings (SSSR count). The van der Waals surface area contributed by atoms with Gasteiger partial charge in [0.15, 0.2) is 0 Å². The molecule has 0 spiro atoms. The summed E-state index contributed by atoms with van der Waals surface area (Å²) in [4.78, 5) is 13.1. The number of hydrazine groups is 1. The van der Waals surface area contributed by atoms with Gasteiger partial charge in [0.25, 0.3) is 0 Å². The van der Waals surface area contributed by atoms with E-state index >= 15 is 0 Å². The van der Waals surface area contributed by atoms with Gasteiger partial charge in [-0.05, 0) is 11.4 Å². The number of anilines is 1. The van der Waals surface area contributed by atoms with Crippen molar-refractivity contribution in [2.45, 2.75) is 0 Å². The van der Waals surface area contributed by atoms with Crippen LogP contribution < -0.4 is 16.0 Å². The molecule has 3 N–H and O–H groups in total. The molecule has 0 saturated carbocycles. The Kier molecular flexibility index (Phi) is 3.16. The van der Waals surface area contributed by atoms with E-state index in [9.17, 15) is 0 Å². The summed E-state index contributed by atoms with van der Waals surface area (Å²) in [6, 6.07) is 3.54. The van der Waals surface area contributed by atoms with Crippen molar-refractivity contribution in [3.05, 3.63) is 34.9 Å². The van der Waals surface area contributed by atoms with Crippen molar-refractivity contribution in [1.82, 2.24) is 15.0 Å². The summed E-state index contributed by atoms with van der Waals surface area (Å²) in [6.07, 6.45) is 3.09. The van der Waals surface area contributed by atoms with E-state index in [-0.39, 0.29) is 0 Å². The molecule has 0 aromatic carbocycles. The quantitative estimate of drug-likeness (QED) is 0.570. The fraction of sp³-hybridized carbons (Fsp3) is 0. The third kappa shape index (κ3) is 2.43. The van der Waals surface area contributed by atoms with Gasteiger partial charge in [0.2, 0.25) is 11.8 Å². The van der Waals surface area contributed by atoms with Gasteiger partial charge >= 0.3 is 0 Å². The van der Waals surface area contributed by atoms with E-state index < -0.39 is 0 Å². The molecule has 0 atom stereocenters. The number of halogens is 1. The number of nitrogens with zero attached hydrogens (tertiary/aromatic N) is 3. The number of nitrogens with one attached hydrogen (secondary N) is 1. The van der Waals surface area contributed by atoms with Crippen LogP contribution in [0.1, 0.15) is 0 Å². The highest BCUT2D eigenvalue weighted by molar-refractivity contribution is 7.16. The largest absolute Gasteiger partial charge is 0.436 e. The van der Waals surface area contributed by atoms with Crippen molar-refractivity contribution in [2.75, 3.05) is 5.43 Å². The van der Waals surface area contributed by atoms with Gasteiger partial charge in [-0.3, -0.25) is 10.4 Å². The standard InChI is InChI=1S/C11H8ClN5OS/c12-6-3-7(5-14-4-6)18-9-8-1-2-19-10(8)16-11(15-9)17-13/h1-5H,13H2,(H,15,16,17). The zero-order valence-corrected chi connectivity index (χ0v) is 11.1. The number of fused-ring (bicyclic) bond motifs is 1. The van der Waals surface area contributed by atoms with E-state index in [1.165, 1.54) is 17.5 Å². The van der Waals surface area contributed by atoms with Gasteiger partial charge in [-0.1, -0.05) is 11.6 Å². The number of thiophene rings is 1. The highest BCUT2D eigenvalue weighted by Crippen LogP contribution is 2.31. The Balaban J connectivity index is 2.06. The van der Waals surface area contributed by atoms with Gasteiger partial charge in [-0.15, -0.1) is 11.3 Å². The van der Waals surface area contributed by atoms with Gasteiger partial charge in [-0.25, -0.2) is 10.8 Å². The Bertz CT molecular complexity index is 732. The summed E-state index contributed by atoms with van der Waals surface area (Å²) in [5, 5.41) is 3.21. The SMILES string of the molecule is NNc1nc(Oc2cncc(Cl)c2)c2ccsc2n1. The van der Waals surface area contributed by atoms with Crippen LogP contribution in [0, 0.1) is 0 Å². The number of rotatable bonds is 3. The third-order valence-corrected chi connectivity index (χ3v) is 3.33. The molecule has 0 aliphatic rings. The molecule has 0 saturated heterocycles. The second kappa shape index (κ2) is 4.96. The molecule has 0 fully saturated rings. The predicted octanol–water partition coefficient (Wildman–Crippen LogP) is 2.82. The number of nitrogens with two attached hydrogens (primary N) is 1. The molecule has 0 aliphatic carbocycles. The van der Waals surface area contributed by atoms with E-state index in [1.54, 1.807) is 12.3 Å². The number of hydrogen-bond acceptors (Lipinski definition) is 7. The first-order valence-electron chi connectivity index (χ1n) is 5.26. The zero-order valence-electron chi connectivity index (χ0n) is 9.50. The summed E-state index contributed by atoms with van der Waals surface area (Å²) >= 11 is 7.34. The van der Waals surface area contributed by atoms with Crippen LogP contribution in [0.5, 0.6) is 11.6 Å². The summed E-state index contributed by atoms with van der Waals surface area (Å²) in [6.45, 7) is 0. The van der Waals surface area contributed by atoms with Crippen LogP contribution in [-0.4, -0.2) is 15.0 Å². The van der Waals surface area contributed by atoms with Crippen LogP contribution in [0.2, 0.25) is 5.02 Å². The Morgan fingerprint density at radius 3 is 3.00 bits per heavy atom. The van der Waals surface area contributed by atoms with E-state index in [0.29, 0.717) is 22.6 Å². The predicted molar refractivity (Wildman–Crippen MR) is 74.5 cm³/mol. The summed E-state index contributed by atoms with van der Waals surface area (Å²) < 4.78 is 5.69. The van der Waals surface area contributed by atoms with Crippen LogP contribution in [-0.2, 0) is 0 Å². The van der Waals surface area contributed by atoms with Crippen LogP contribution >= 0.6 is 22.9 Å². The van der Waals surface area contributed by atoms with Crippen LogP contribution in [0.4, 0.5) is 5.95 Å². The Morgan fingerprint density at radius 1 is 1.32 bits per heavy atom. The van der Waals surface area contributed by atoms with Crippen molar-refractivity contribution < 1.29 is 4.74 Å². The lowest BCUT2D eigenvalue weighted by Crippen LogP contribution is -2.10. The number of ether oxygens (including phenoxy) is 1. The molecule has 0 aliphatic heterocycles. The van der Waals surface area contributed by atoms with E-state index in [1.807, 2.05) is 11.4 Å². The molecule has 6 nitrogen and oxygen atoms in total. The topological polar surface area (TPSA) is 86.0 Å². The monoisotopic (exact) mass is 293 g/mol. The summed E-state index contributed by atoms with van der Waals surface area (Å²) in [5.41, 5.74) is 2.41. The summed E-state index contributed by atoms with van der Waals surface area (Å²) in [7, 11) is 0. The molecule has 3 aromatic heterocycles. The minimum Gasteiger partial charge on any atom is -0.436 e. The minimum absolute atomic E-state index is 0.292. The number of aromatic nitrogens is 3. The van der Waals surface area contributed by atoms with Crippen LogP contribution in [0.15, 0.2) is 29.9 Å². The zero-order chi connectivity index (χ0) is 13.2. The van der Waals surface area contributed by atoms with E-state index in [4.69, 9.17) is 22.2 Å². The maximum atomic E-state index is 5.86. The summed E-state index contributed by atoms with van der Waals surface area (Å²) in [5.74, 6) is 6.54. The average Bonchev–Trinajstić information content (AvgIpc) is 2.87. The molecule has 3 heterocycles. The second-order valence-corrected chi connectivity index (χ2v) is 4.91. The molecular weight excluding hydrogens is 286 g/mol. The van der Waals surface area contributed by atoms with E-state index in [0.717, 1.165) is 10.2 Å². The lowest BCUT2D eigenvalue weighted by molar-refractivity contribution is 0.467. The van der Waals surface area contributed by atoms with Crippen molar-refractivity contribution in [3.63, 3.8) is 0 Å². The molecule has 8 heteroatoms. The average molecular weight is 294 g/mol. The molecular formula is C11H8ClN5OS. The van der Waals surface area contributed by atoms with Crippen molar-refractivity contribution in [1.29, 1.82) is 0 Å². The lowest BCUT2D eigenvalue weighted by Gasteiger charge is -2.07. The van der Waals surface area contributed by atoms with Gasteiger partial charge in [-0.2, -0.15) is 4.98 Å². The molecule has 0 amide bonds. The lowest BCUT2D eigenvalue weighted by atomic mass is 10.4. The fourth-order valence-electron chi connectivity index (χ4n) is 1.53. The first kappa shape index (κ1) is 12.1. The molecule has 0 bridgehead atoms. The molecule has 19 heavy (non-hydrogen) atoms. The van der Waals surface area contributed by atoms with Crippen molar-refractivity contribution in [2.24, 2.45) is 5.84 Å². The Hall–Kier alpha value is -1.96. The highest BCUT2D eigenvalue weighted by Gasteiger charge is 2.10. The van der Waals surface area contributed by atoms with Crippen molar-refractivity contribution >= 4 is 39.1 Å². The van der Waals surface area contributed by atoms with Crippen molar-refractivity contribution in [3.8, 4) is 11.6 Å². The number of hydrogen-bond donors (Lipinski definition) is 2. The van der Waals surface area contributed by atoms with Gasteiger partial charge in [0, 0.05) is 12.3 Å². The molecule has 0 radical (unpaired) electrons. The van der Waals surface area contributed by atoms with Crippen LogP contribution in [0.3, 0.4) is 0 Å². The fourth-order valence-corrected chi connectivity index (χ4v) is 2.45. The Morgan fingerprint density at radius 2 is 2.21 bits per heavy atom. The maximum absolute atomic E-state index is 5.86. The normalized spacial score (nSPS) is 10.6. The minimum atomic E-state index is 0.292.